The van der Waals surface area contributed by atoms with Crippen LogP contribution in [0.15, 0.2) is 24.3 Å². The van der Waals surface area contributed by atoms with Crippen LogP contribution in [-0.2, 0) is 16.8 Å². The maximum absolute atomic E-state index is 10.5. The van der Waals surface area contributed by atoms with Crippen LogP contribution in [0.25, 0.3) is 0 Å². The molecule has 0 saturated heterocycles. The lowest BCUT2D eigenvalue weighted by Crippen LogP contribution is -2.15. The van der Waals surface area contributed by atoms with Gasteiger partial charge in [-0.25, -0.2) is 4.21 Å². The van der Waals surface area contributed by atoms with Crippen LogP contribution in [-0.4, -0.2) is 13.9 Å². The Balaban J connectivity index is 2.78. The third kappa shape index (κ3) is 3.82. The molecule has 14 heavy (non-hydrogen) atoms. The van der Waals surface area contributed by atoms with E-state index in [9.17, 15) is 4.21 Å². The molecule has 76 valence electrons. The summed E-state index contributed by atoms with van der Waals surface area (Å²) < 4.78 is 24.1. The SMILES string of the molecule is NC(=S)Oc1cccc(CS(=O)O)c1. The van der Waals surface area contributed by atoms with Crippen molar-refractivity contribution in [3.8, 4) is 5.75 Å². The van der Waals surface area contributed by atoms with Crippen molar-refractivity contribution in [3.63, 3.8) is 0 Å². The monoisotopic (exact) mass is 231 g/mol. The lowest BCUT2D eigenvalue weighted by molar-refractivity contribution is 0.555. The van der Waals surface area contributed by atoms with Gasteiger partial charge >= 0.3 is 0 Å². The van der Waals surface area contributed by atoms with E-state index in [1.165, 1.54) is 0 Å². The maximum atomic E-state index is 10.5. The molecule has 0 aliphatic heterocycles. The first-order valence-electron chi connectivity index (χ1n) is 3.71. The maximum Gasteiger partial charge on any atom is 0.259 e. The molecular weight excluding hydrogens is 222 g/mol. The second-order valence-electron chi connectivity index (χ2n) is 2.53. The van der Waals surface area contributed by atoms with E-state index >= 15 is 0 Å². The van der Waals surface area contributed by atoms with Crippen LogP contribution in [0.1, 0.15) is 5.56 Å². The average molecular weight is 231 g/mol. The largest absolute Gasteiger partial charge is 0.432 e. The van der Waals surface area contributed by atoms with Crippen molar-refractivity contribution in [2.24, 2.45) is 5.73 Å². The Morgan fingerprint density at radius 2 is 2.36 bits per heavy atom. The molecule has 3 N–H and O–H groups in total. The van der Waals surface area contributed by atoms with E-state index in [1.807, 2.05) is 0 Å². The highest BCUT2D eigenvalue weighted by Gasteiger charge is 2.01. The van der Waals surface area contributed by atoms with Crippen LogP contribution in [0, 0.1) is 0 Å². The minimum absolute atomic E-state index is 0.0640. The summed E-state index contributed by atoms with van der Waals surface area (Å²) in [6.07, 6.45) is 0. The van der Waals surface area contributed by atoms with Gasteiger partial charge in [0.25, 0.3) is 5.17 Å². The van der Waals surface area contributed by atoms with Crippen molar-refractivity contribution in [1.82, 2.24) is 0 Å². The smallest absolute Gasteiger partial charge is 0.259 e. The van der Waals surface area contributed by atoms with Crippen LogP contribution in [0.3, 0.4) is 0 Å². The molecule has 0 fully saturated rings. The number of rotatable bonds is 3. The van der Waals surface area contributed by atoms with Gasteiger partial charge < -0.3 is 15.0 Å². The van der Waals surface area contributed by atoms with Gasteiger partial charge in [-0.3, -0.25) is 0 Å². The van der Waals surface area contributed by atoms with Crippen LogP contribution in [0.5, 0.6) is 5.75 Å². The number of nitrogens with two attached hydrogens (primary N) is 1. The van der Waals surface area contributed by atoms with Crippen LogP contribution >= 0.6 is 12.2 Å². The normalized spacial score (nSPS) is 12.1. The number of hydrogen-bond acceptors (Lipinski definition) is 3. The fourth-order valence-corrected chi connectivity index (χ4v) is 1.52. The molecule has 0 saturated carbocycles. The van der Waals surface area contributed by atoms with E-state index in [0.717, 1.165) is 0 Å². The van der Waals surface area contributed by atoms with Crippen molar-refractivity contribution in [3.05, 3.63) is 29.8 Å². The van der Waals surface area contributed by atoms with Gasteiger partial charge in [0.15, 0.2) is 11.1 Å². The molecule has 1 aromatic rings. The van der Waals surface area contributed by atoms with E-state index in [-0.39, 0.29) is 10.9 Å². The van der Waals surface area contributed by atoms with Crippen molar-refractivity contribution in [2.45, 2.75) is 5.75 Å². The fourth-order valence-electron chi connectivity index (χ4n) is 0.957. The van der Waals surface area contributed by atoms with Gasteiger partial charge in [0.1, 0.15) is 5.75 Å². The summed E-state index contributed by atoms with van der Waals surface area (Å²) in [4.78, 5) is 0. The number of thiocarbonyl (C=S) groups is 1. The summed E-state index contributed by atoms with van der Waals surface area (Å²) in [5.74, 6) is 0.537. The third-order valence-electron chi connectivity index (χ3n) is 1.41. The Bertz CT molecular complexity index is 336. The van der Waals surface area contributed by atoms with E-state index in [4.69, 9.17) is 15.0 Å². The van der Waals surface area contributed by atoms with Gasteiger partial charge in [-0.05, 0) is 29.9 Å². The summed E-state index contributed by atoms with van der Waals surface area (Å²) in [7, 11) is 0. The number of hydrogen-bond donors (Lipinski definition) is 2. The van der Waals surface area contributed by atoms with Gasteiger partial charge in [-0.2, -0.15) is 0 Å². The third-order valence-corrected chi connectivity index (χ3v) is 2.07. The Labute approximate surface area is 89.4 Å². The van der Waals surface area contributed by atoms with Crippen molar-refractivity contribution in [2.75, 3.05) is 0 Å². The van der Waals surface area contributed by atoms with Crippen LogP contribution < -0.4 is 10.5 Å². The topological polar surface area (TPSA) is 72.5 Å². The predicted molar refractivity (Wildman–Crippen MR) is 58.3 cm³/mol. The fraction of sp³-hybridized carbons (Fsp3) is 0.125. The molecular formula is C8H9NO3S2. The van der Waals surface area contributed by atoms with Gasteiger partial charge in [0.2, 0.25) is 0 Å². The molecule has 0 amide bonds. The highest BCUT2D eigenvalue weighted by atomic mass is 32.2. The molecule has 0 aliphatic carbocycles. The average Bonchev–Trinajstić information content (AvgIpc) is 2.01. The Morgan fingerprint density at radius 1 is 1.64 bits per heavy atom. The number of benzene rings is 1. The highest BCUT2D eigenvalue weighted by molar-refractivity contribution is 7.80. The summed E-state index contributed by atoms with van der Waals surface area (Å²) in [5, 5.41) is -0.0766. The molecule has 0 aliphatic rings. The molecule has 1 atom stereocenters. The molecule has 1 aromatic carbocycles. The quantitative estimate of drug-likeness (QED) is 0.600. The summed E-state index contributed by atoms with van der Waals surface area (Å²) >= 11 is 2.70. The second-order valence-corrected chi connectivity index (χ2v) is 3.87. The molecule has 0 radical (unpaired) electrons. The van der Waals surface area contributed by atoms with Crippen molar-refractivity contribution in [1.29, 1.82) is 0 Å². The molecule has 1 unspecified atom stereocenters. The second kappa shape index (κ2) is 5.04. The predicted octanol–water partition coefficient (Wildman–Crippen LogP) is 1.03. The minimum atomic E-state index is -1.86. The Kier molecular flexibility index (Phi) is 3.99. The standard InChI is InChI=1S/C8H9NO3S2/c9-8(13)12-7-3-1-2-6(4-7)5-14(10)11/h1-4H,5H2,(H2,9,13)(H,10,11). The van der Waals surface area contributed by atoms with E-state index in [1.54, 1.807) is 24.3 Å². The zero-order valence-electron chi connectivity index (χ0n) is 7.17. The number of ether oxygens (including phenoxy) is 1. The summed E-state index contributed by atoms with van der Waals surface area (Å²) in [6.45, 7) is 0. The van der Waals surface area contributed by atoms with E-state index in [2.05, 4.69) is 12.2 Å². The summed E-state index contributed by atoms with van der Waals surface area (Å²) in [6, 6.07) is 6.71. The Morgan fingerprint density at radius 3 is 2.93 bits per heavy atom. The minimum Gasteiger partial charge on any atom is -0.432 e. The molecule has 0 spiro atoms. The van der Waals surface area contributed by atoms with E-state index in [0.29, 0.717) is 11.3 Å². The molecule has 0 heterocycles. The zero-order chi connectivity index (χ0) is 10.6. The van der Waals surface area contributed by atoms with Crippen molar-refractivity contribution >= 4 is 28.5 Å². The lowest BCUT2D eigenvalue weighted by Gasteiger charge is -2.04. The first-order chi connectivity index (χ1) is 6.58. The van der Waals surface area contributed by atoms with Gasteiger partial charge in [-0.1, -0.05) is 12.1 Å². The van der Waals surface area contributed by atoms with Gasteiger partial charge in [-0.15, -0.1) is 0 Å². The molecule has 6 heteroatoms. The molecule has 0 bridgehead atoms. The van der Waals surface area contributed by atoms with Crippen LogP contribution in [0.4, 0.5) is 0 Å². The highest BCUT2D eigenvalue weighted by Crippen LogP contribution is 2.14. The molecule has 1 rings (SSSR count). The molecule has 4 nitrogen and oxygen atoms in total. The lowest BCUT2D eigenvalue weighted by atomic mass is 10.2. The first kappa shape index (κ1) is 11.1. The van der Waals surface area contributed by atoms with Gasteiger partial charge in [0.05, 0.1) is 5.75 Å². The van der Waals surface area contributed by atoms with Crippen LogP contribution in [0.2, 0.25) is 0 Å². The molecule has 0 aromatic heterocycles. The van der Waals surface area contributed by atoms with Crippen molar-refractivity contribution < 1.29 is 13.5 Å². The first-order valence-corrected chi connectivity index (χ1v) is 5.40. The van der Waals surface area contributed by atoms with E-state index < -0.39 is 11.1 Å². The summed E-state index contributed by atoms with van der Waals surface area (Å²) in [5.41, 5.74) is 5.87. The zero-order valence-corrected chi connectivity index (χ0v) is 8.81. The Hall–Kier alpha value is -0.980. The van der Waals surface area contributed by atoms with Gasteiger partial charge in [0, 0.05) is 0 Å².